The van der Waals surface area contributed by atoms with Gasteiger partial charge in [0.05, 0.1) is 11.6 Å². The molecular formula is C22H25N3O2. The Labute approximate surface area is 159 Å². The van der Waals surface area contributed by atoms with E-state index in [1.54, 1.807) is 0 Å². The highest BCUT2D eigenvalue weighted by Crippen LogP contribution is 2.31. The van der Waals surface area contributed by atoms with Crippen LogP contribution in [0.3, 0.4) is 0 Å². The Balaban J connectivity index is 1.44. The molecule has 2 aliphatic heterocycles. The third kappa shape index (κ3) is 3.60. The highest BCUT2D eigenvalue weighted by molar-refractivity contribution is 5.96. The van der Waals surface area contributed by atoms with Crippen molar-refractivity contribution in [1.29, 1.82) is 0 Å². The van der Waals surface area contributed by atoms with Crippen molar-refractivity contribution in [3.8, 4) is 0 Å². The summed E-state index contributed by atoms with van der Waals surface area (Å²) in [6, 6.07) is 17.0. The number of amides is 2. The Morgan fingerprint density at radius 2 is 1.85 bits per heavy atom. The standard InChI is InChI=1S/C22H25N3O2/c23-19(14-16-6-2-1-3-7-16)21(27)25-13-12-22(15-25)11-10-17-8-4-5-9-18(17)20(26)24-22/h1-9,19H,10-15,23H2,(H,24,26)/t19-,22-/m1/s1. The van der Waals surface area contributed by atoms with Gasteiger partial charge in [0, 0.05) is 18.7 Å². The average Bonchev–Trinajstić information content (AvgIpc) is 3.04. The summed E-state index contributed by atoms with van der Waals surface area (Å²) in [5.74, 6) is -0.0716. The summed E-state index contributed by atoms with van der Waals surface area (Å²) in [7, 11) is 0. The molecule has 0 radical (unpaired) electrons. The molecule has 0 bridgehead atoms. The van der Waals surface area contributed by atoms with Crippen molar-refractivity contribution >= 4 is 11.8 Å². The number of likely N-dealkylation sites (tertiary alicyclic amines) is 1. The molecule has 5 heteroatoms. The largest absolute Gasteiger partial charge is 0.345 e. The molecule has 4 rings (SSSR count). The maximum Gasteiger partial charge on any atom is 0.252 e. The summed E-state index contributed by atoms with van der Waals surface area (Å²) in [4.78, 5) is 27.4. The molecule has 1 spiro atoms. The fourth-order valence-electron chi connectivity index (χ4n) is 4.26. The second kappa shape index (κ2) is 7.16. The molecule has 0 aliphatic carbocycles. The third-order valence-corrected chi connectivity index (χ3v) is 5.79. The second-order valence-corrected chi connectivity index (χ2v) is 7.70. The molecule has 2 atom stereocenters. The van der Waals surface area contributed by atoms with E-state index in [0.29, 0.717) is 19.5 Å². The van der Waals surface area contributed by atoms with Gasteiger partial charge in [-0.3, -0.25) is 9.59 Å². The van der Waals surface area contributed by atoms with Crippen LogP contribution in [0, 0.1) is 0 Å². The van der Waals surface area contributed by atoms with Crippen molar-refractivity contribution in [1.82, 2.24) is 10.2 Å². The minimum atomic E-state index is -0.554. The lowest BCUT2D eigenvalue weighted by Gasteiger charge is -2.29. The fraction of sp³-hybridized carbons (Fsp3) is 0.364. The van der Waals surface area contributed by atoms with Crippen LogP contribution in [0.15, 0.2) is 54.6 Å². The minimum absolute atomic E-state index is 0.0354. The number of rotatable bonds is 3. The van der Waals surface area contributed by atoms with Gasteiger partial charge in [-0.15, -0.1) is 0 Å². The van der Waals surface area contributed by atoms with Crippen LogP contribution < -0.4 is 11.1 Å². The lowest BCUT2D eigenvalue weighted by atomic mass is 9.91. The Bertz CT molecular complexity index is 852. The smallest absolute Gasteiger partial charge is 0.252 e. The van der Waals surface area contributed by atoms with Crippen molar-refractivity contribution < 1.29 is 9.59 Å². The van der Waals surface area contributed by atoms with E-state index in [2.05, 4.69) is 5.32 Å². The van der Waals surface area contributed by atoms with E-state index in [9.17, 15) is 9.59 Å². The van der Waals surface area contributed by atoms with Gasteiger partial charge in [-0.1, -0.05) is 48.5 Å². The second-order valence-electron chi connectivity index (χ2n) is 7.70. The summed E-state index contributed by atoms with van der Waals surface area (Å²) in [5, 5.41) is 3.21. The van der Waals surface area contributed by atoms with Crippen LogP contribution in [0.1, 0.15) is 34.3 Å². The molecule has 0 aromatic heterocycles. The summed E-state index contributed by atoms with van der Waals surface area (Å²) < 4.78 is 0. The van der Waals surface area contributed by atoms with Gasteiger partial charge in [-0.05, 0) is 42.9 Å². The molecule has 0 saturated carbocycles. The number of nitrogens with one attached hydrogen (secondary N) is 1. The highest BCUT2D eigenvalue weighted by atomic mass is 16.2. The predicted molar refractivity (Wildman–Crippen MR) is 104 cm³/mol. The van der Waals surface area contributed by atoms with Gasteiger partial charge in [0.25, 0.3) is 5.91 Å². The van der Waals surface area contributed by atoms with Gasteiger partial charge in [-0.25, -0.2) is 0 Å². The van der Waals surface area contributed by atoms with Crippen molar-refractivity contribution in [2.24, 2.45) is 5.73 Å². The van der Waals surface area contributed by atoms with Gasteiger partial charge in [0.1, 0.15) is 0 Å². The predicted octanol–water partition coefficient (Wildman–Crippen LogP) is 1.90. The zero-order valence-electron chi connectivity index (χ0n) is 15.4. The first-order chi connectivity index (χ1) is 13.1. The van der Waals surface area contributed by atoms with E-state index in [1.165, 1.54) is 0 Å². The number of hydrogen-bond acceptors (Lipinski definition) is 3. The molecule has 2 aromatic rings. The maximum absolute atomic E-state index is 12.8. The zero-order valence-corrected chi connectivity index (χ0v) is 15.4. The summed E-state index contributed by atoms with van der Waals surface area (Å²) in [6.07, 6.45) is 2.98. The number of benzene rings is 2. The van der Waals surface area contributed by atoms with Crippen molar-refractivity contribution in [2.75, 3.05) is 13.1 Å². The molecule has 140 valence electrons. The molecule has 2 aliphatic rings. The zero-order chi connectivity index (χ0) is 18.9. The average molecular weight is 363 g/mol. The minimum Gasteiger partial charge on any atom is -0.345 e. The van der Waals surface area contributed by atoms with E-state index in [-0.39, 0.29) is 17.4 Å². The number of fused-ring (bicyclic) bond motifs is 1. The number of carbonyl (C=O) groups is 2. The number of carbonyl (C=O) groups excluding carboxylic acids is 2. The van der Waals surface area contributed by atoms with Crippen molar-refractivity contribution in [2.45, 2.75) is 37.3 Å². The van der Waals surface area contributed by atoms with Gasteiger partial charge < -0.3 is 16.0 Å². The van der Waals surface area contributed by atoms with Gasteiger partial charge in [0.2, 0.25) is 5.91 Å². The lowest BCUT2D eigenvalue weighted by Crippen LogP contribution is -2.52. The highest BCUT2D eigenvalue weighted by Gasteiger charge is 2.43. The Morgan fingerprint density at radius 1 is 1.11 bits per heavy atom. The normalized spacial score (nSPS) is 22.9. The molecule has 1 fully saturated rings. The fourth-order valence-corrected chi connectivity index (χ4v) is 4.26. The number of hydrogen-bond donors (Lipinski definition) is 2. The lowest BCUT2D eigenvalue weighted by molar-refractivity contribution is -0.131. The maximum atomic E-state index is 12.8. The molecule has 2 heterocycles. The van der Waals surface area contributed by atoms with E-state index in [4.69, 9.17) is 5.73 Å². The Morgan fingerprint density at radius 3 is 2.67 bits per heavy atom. The topological polar surface area (TPSA) is 75.4 Å². The number of nitrogens with two attached hydrogens (primary N) is 1. The summed E-state index contributed by atoms with van der Waals surface area (Å²) >= 11 is 0. The SMILES string of the molecule is N[C@H](Cc1ccccc1)C(=O)N1CC[C@]2(CCc3ccccc3C(=O)N2)C1. The van der Waals surface area contributed by atoms with Crippen LogP contribution in [-0.2, 0) is 17.6 Å². The molecular weight excluding hydrogens is 338 g/mol. The summed E-state index contributed by atoms with van der Waals surface area (Å²) in [5.41, 5.74) is 8.74. The van der Waals surface area contributed by atoms with E-state index >= 15 is 0 Å². The molecule has 0 unspecified atom stereocenters. The van der Waals surface area contributed by atoms with Crippen LogP contribution in [-0.4, -0.2) is 41.4 Å². The van der Waals surface area contributed by atoms with Crippen molar-refractivity contribution in [3.63, 3.8) is 0 Å². The number of aryl methyl sites for hydroxylation is 1. The molecule has 27 heavy (non-hydrogen) atoms. The van der Waals surface area contributed by atoms with Gasteiger partial charge >= 0.3 is 0 Å². The monoisotopic (exact) mass is 363 g/mol. The van der Waals surface area contributed by atoms with Gasteiger partial charge in [-0.2, -0.15) is 0 Å². The van der Waals surface area contributed by atoms with Crippen LogP contribution in [0.4, 0.5) is 0 Å². The first kappa shape index (κ1) is 17.7. The molecule has 1 saturated heterocycles. The molecule has 2 amide bonds. The Hall–Kier alpha value is -2.66. The van der Waals surface area contributed by atoms with Gasteiger partial charge in [0.15, 0.2) is 0 Å². The van der Waals surface area contributed by atoms with Crippen molar-refractivity contribution in [3.05, 3.63) is 71.3 Å². The molecule has 3 N–H and O–H groups in total. The first-order valence-corrected chi connectivity index (χ1v) is 9.55. The van der Waals surface area contributed by atoms with Crippen LogP contribution in [0.5, 0.6) is 0 Å². The third-order valence-electron chi connectivity index (χ3n) is 5.79. The molecule has 2 aromatic carbocycles. The van der Waals surface area contributed by atoms with E-state index in [1.807, 2.05) is 59.5 Å². The van der Waals surface area contributed by atoms with E-state index < -0.39 is 6.04 Å². The number of nitrogens with zero attached hydrogens (tertiary/aromatic N) is 1. The Kier molecular flexibility index (Phi) is 4.70. The van der Waals surface area contributed by atoms with E-state index in [0.717, 1.165) is 36.0 Å². The summed E-state index contributed by atoms with van der Waals surface area (Å²) in [6.45, 7) is 1.17. The first-order valence-electron chi connectivity index (χ1n) is 9.55. The quantitative estimate of drug-likeness (QED) is 0.875. The van der Waals surface area contributed by atoms with Crippen LogP contribution in [0.2, 0.25) is 0 Å². The van der Waals surface area contributed by atoms with Crippen LogP contribution >= 0.6 is 0 Å². The van der Waals surface area contributed by atoms with Crippen LogP contribution in [0.25, 0.3) is 0 Å². The molecule has 5 nitrogen and oxygen atoms in total.